The van der Waals surface area contributed by atoms with Gasteiger partial charge in [-0.1, -0.05) is 17.8 Å². The molecule has 0 radical (unpaired) electrons. The van der Waals surface area contributed by atoms with Gasteiger partial charge in [-0.25, -0.2) is 4.68 Å². The van der Waals surface area contributed by atoms with Crippen molar-refractivity contribution in [1.29, 1.82) is 0 Å². The molecule has 0 atom stereocenters. The number of amides is 1. The van der Waals surface area contributed by atoms with Crippen LogP contribution in [-0.2, 0) is 18.4 Å². The fourth-order valence-corrected chi connectivity index (χ4v) is 2.40. The van der Waals surface area contributed by atoms with E-state index in [1.807, 2.05) is 12.1 Å². The standard InChI is InChI=1S/C13H17N5O3S/c1-18-13(15-16-17-18)22-8-12(19)14-7-9-4-5-10(20-2)11(6-9)21-3/h4-6H,7-8H2,1-3H3,(H,14,19). The summed E-state index contributed by atoms with van der Waals surface area (Å²) in [7, 11) is 4.88. The first-order valence-electron chi connectivity index (χ1n) is 6.46. The van der Waals surface area contributed by atoms with Gasteiger partial charge in [0.05, 0.1) is 20.0 Å². The van der Waals surface area contributed by atoms with E-state index >= 15 is 0 Å². The Kier molecular flexibility index (Phi) is 5.59. The van der Waals surface area contributed by atoms with Crippen molar-refractivity contribution in [3.63, 3.8) is 0 Å². The van der Waals surface area contributed by atoms with Crippen LogP contribution in [0.4, 0.5) is 0 Å². The number of methoxy groups -OCH3 is 2. The average Bonchev–Trinajstić information content (AvgIpc) is 2.95. The van der Waals surface area contributed by atoms with Crippen molar-refractivity contribution < 1.29 is 14.3 Å². The van der Waals surface area contributed by atoms with E-state index in [4.69, 9.17) is 9.47 Å². The van der Waals surface area contributed by atoms with Crippen LogP contribution in [0.15, 0.2) is 23.4 Å². The lowest BCUT2D eigenvalue weighted by Crippen LogP contribution is -2.24. The lowest BCUT2D eigenvalue weighted by Gasteiger charge is -2.10. The molecule has 0 aliphatic heterocycles. The number of aryl methyl sites for hydroxylation is 1. The molecule has 0 fully saturated rings. The molecule has 0 spiro atoms. The Morgan fingerprint density at radius 3 is 2.73 bits per heavy atom. The van der Waals surface area contributed by atoms with E-state index in [1.165, 1.54) is 16.4 Å². The summed E-state index contributed by atoms with van der Waals surface area (Å²) in [5.41, 5.74) is 0.927. The van der Waals surface area contributed by atoms with Gasteiger partial charge in [0.25, 0.3) is 0 Å². The number of thioether (sulfide) groups is 1. The molecule has 0 unspecified atom stereocenters. The second-order valence-corrected chi connectivity index (χ2v) is 5.28. The van der Waals surface area contributed by atoms with Crippen LogP contribution < -0.4 is 14.8 Å². The second-order valence-electron chi connectivity index (χ2n) is 4.34. The number of hydrogen-bond acceptors (Lipinski definition) is 7. The number of nitrogens with one attached hydrogen (secondary N) is 1. The summed E-state index contributed by atoms with van der Waals surface area (Å²) in [6.07, 6.45) is 0. The number of hydrogen-bond donors (Lipinski definition) is 1. The highest BCUT2D eigenvalue weighted by Crippen LogP contribution is 2.27. The topological polar surface area (TPSA) is 91.2 Å². The van der Waals surface area contributed by atoms with Crippen molar-refractivity contribution in [1.82, 2.24) is 25.5 Å². The summed E-state index contributed by atoms with van der Waals surface area (Å²) in [5, 5.41) is 14.5. The zero-order valence-electron chi connectivity index (χ0n) is 12.6. The molecule has 1 heterocycles. The molecule has 1 amide bonds. The molecule has 8 nitrogen and oxygen atoms in total. The van der Waals surface area contributed by atoms with Crippen LogP contribution in [0.5, 0.6) is 11.5 Å². The Bertz CT molecular complexity index is 646. The maximum Gasteiger partial charge on any atom is 0.230 e. The molecule has 9 heteroatoms. The van der Waals surface area contributed by atoms with Crippen LogP contribution in [0.2, 0.25) is 0 Å². The van der Waals surface area contributed by atoms with Gasteiger partial charge in [0.15, 0.2) is 11.5 Å². The zero-order valence-corrected chi connectivity index (χ0v) is 13.4. The number of rotatable bonds is 7. The van der Waals surface area contributed by atoms with Gasteiger partial charge in [-0.3, -0.25) is 4.79 Å². The van der Waals surface area contributed by atoms with E-state index in [2.05, 4.69) is 20.8 Å². The smallest absolute Gasteiger partial charge is 0.230 e. The summed E-state index contributed by atoms with van der Waals surface area (Å²) in [5.74, 6) is 1.45. The molecule has 2 rings (SSSR count). The fourth-order valence-electron chi connectivity index (χ4n) is 1.72. The van der Waals surface area contributed by atoms with Crippen LogP contribution in [0, 0.1) is 0 Å². The van der Waals surface area contributed by atoms with Gasteiger partial charge in [-0.05, 0) is 28.1 Å². The lowest BCUT2D eigenvalue weighted by molar-refractivity contribution is -0.118. The van der Waals surface area contributed by atoms with E-state index in [0.717, 1.165) is 5.56 Å². The Balaban J connectivity index is 1.84. The van der Waals surface area contributed by atoms with Crippen molar-refractivity contribution in [3.8, 4) is 11.5 Å². The Labute approximate surface area is 132 Å². The normalized spacial score (nSPS) is 10.3. The van der Waals surface area contributed by atoms with Gasteiger partial charge in [-0.2, -0.15) is 0 Å². The minimum absolute atomic E-state index is 0.0946. The summed E-state index contributed by atoms with van der Waals surface area (Å²) in [6, 6.07) is 5.51. The quantitative estimate of drug-likeness (QED) is 0.747. The molecule has 1 aromatic heterocycles. The number of benzene rings is 1. The number of carbonyl (C=O) groups is 1. The summed E-state index contributed by atoms with van der Waals surface area (Å²) in [6.45, 7) is 0.414. The van der Waals surface area contributed by atoms with E-state index in [1.54, 1.807) is 27.3 Å². The average molecular weight is 323 g/mol. The van der Waals surface area contributed by atoms with Crippen LogP contribution in [0.1, 0.15) is 5.56 Å². The molecule has 118 valence electrons. The van der Waals surface area contributed by atoms with Crippen LogP contribution in [0.25, 0.3) is 0 Å². The number of tetrazole rings is 1. The highest BCUT2D eigenvalue weighted by molar-refractivity contribution is 7.99. The van der Waals surface area contributed by atoms with E-state index in [0.29, 0.717) is 23.2 Å². The maximum absolute atomic E-state index is 11.8. The third-order valence-corrected chi connectivity index (χ3v) is 3.86. The molecule has 0 saturated carbocycles. The molecule has 0 saturated heterocycles. The minimum Gasteiger partial charge on any atom is -0.493 e. The summed E-state index contributed by atoms with van der Waals surface area (Å²) < 4.78 is 11.9. The predicted octanol–water partition coefficient (Wildman–Crippen LogP) is 0.636. The first kappa shape index (κ1) is 16.1. The van der Waals surface area contributed by atoms with Gasteiger partial charge in [-0.15, -0.1) is 5.10 Å². The molecular formula is C13H17N5O3S. The van der Waals surface area contributed by atoms with Gasteiger partial charge in [0.1, 0.15) is 0 Å². The van der Waals surface area contributed by atoms with E-state index < -0.39 is 0 Å². The molecule has 22 heavy (non-hydrogen) atoms. The molecule has 0 bridgehead atoms. The van der Waals surface area contributed by atoms with Crippen LogP contribution >= 0.6 is 11.8 Å². The summed E-state index contributed by atoms with van der Waals surface area (Å²) >= 11 is 1.28. The number of ether oxygens (including phenoxy) is 2. The van der Waals surface area contributed by atoms with Crippen molar-refractivity contribution in [2.45, 2.75) is 11.7 Å². The van der Waals surface area contributed by atoms with Crippen molar-refractivity contribution in [2.75, 3.05) is 20.0 Å². The fraction of sp³-hybridized carbons (Fsp3) is 0.385. The Morgan fingerprint density at radius 2 is 2.09 bits per heavy atom. The summed E-state index contributed by atoms with van der Waals surface area (Å²) in [4.78, 5) is 11.8. The zero-order chi connectivity index (χ0) is 15.9. The second kappa shape index (κ2) is 7.64. The highest BCUT2D eigenvalue weighted by Gasteiger charge is 2.09. The minimum atomic E-state index is -0.0946. The third kappa shape index (κ3) is 4.10. The molecule has 0 aliphatic rings. The number of nitrogens with zero attached hydrogens (tertiary/aromatic N) is 4. The number of aromatic nitrogens is 4. The Hall–Kier alpha value is -2.29. The first-order valence-corrected chi connectivity index (χ1v) is 7.45. The van der Waals surface area contributed by atoms with Crippen molar-refractivity contribution in [2.24, 2.45) is 7.05 Å². The monoisotopic (exact) mass is 323 g/mol. The maximum atomic E-state index is 11.8. The first-order chi connectivity index (χ1) is 10.6. The van der Waals surface area contributed by atoms with Crippen molar-refractivity contribution >= 4 is 17.7 Å². The van der Waals surface area contributed by atoms with Gasteiger partial charge in [0.2, 0.25) is 11.1 Å². The molecule has 2 aromatic rings. The highest BCUT2D eigenvalue weighted by atomic mass is 32.2. The van der Waals surface area contributed by atoms with E-state index in [9.17, 15) is 4.79 Å². The molecular weight excluding hydrogens is 306 g/mol. The molecule has 1 aromatic carbocycles. The largest absolute Gasteiger partial charge is 0.493 e. The SMILES string of the molecule is COc1ccc(CNC(=O)CSc2nnnn2C)cc1OC. The third-order valence-electron chi connectivity index (χ3n) is 2.85. The molecule has 0 aliphatic carbocycles. The van der Waals surface area contributed by atoms with Crippen LogP contribution in [0.3, 0.4) is 0 Å². The molecule has 1 N–H and O–H groups in total. The lowest BCUT2D eigenvalue weighted by atomic mass is 10.2. The van der Waals surface area contributed by atoms with Crippen LogP contribution in [-0.4, -0.2) is 46.1 Å². The predicted molar refractivity (Wildman–Crippen MR) is 80.9 cm³/mol. The van der Waals surface area contributed by atoms with E-state index in [-0.39, 0.29) is 11.7 Å². The van der Waals surface area contributed by atoms with Crippen molar-refractivity contribution in [3.05, 3.63) is 23.8 Å². The van der Waals surface area contributed by atoms with Gasteiger partial charge >= 0.3 is 0 Å². The van der Waals surface area contributed by atoms with Gasteiger partial charge in [0, 0.05) is 13.6 Å². The van der Waals surface area contributed by atoms with Gasteiger partial charge < -0.3 is 14.8 Å². The number of carbonyl (C=O) groups excluding carboxylic acids is 1. The Morgan fingerprint density at radius 1 is 1.32 bits per heavy atom.